The predicted molar refractivity (Wildman–Crippen MR) is 112 cm³/mol. The quantitative estimate of drug-likeness (QED) is 0.602. The van der Waals surface area contributed by atoms with Crippen LogP contribution < -0.4 is 5.32 Å². The number of benzene rings is 3. The summed E-state index contributed by atoms with van der Waals surface area (Å²) in [5.74, 6) is -1.47. The van der Waals surface area contributed by atoms with Crippen LogP contribution in [0.2, 0.25) is 5.02 Å². The lowest BCUT2D eigenvalue weighted by molar-refractivity contribution is -0.163. The number of halogens is 1. The zero-order valence-electron chi connectivity index (χ0n) is 15.8. The minimum atomic E-state index is -2.03. The van der Waals surface area contributed by atoms with Gasteiger partial charge >= 0.3 is 5.97 Å². The standard InChI is InChI=1S/C23H20ClNO4/c1-16-19(24)13-8-14-20(16)25-21(26)15-29-22(27)23(28,17-9-4-2-5-10-17)18-11-6-3-7-12-18/h2-14,28H,15H2,1H3,(H,25,26). The minimum absolute atomic E-state index is 0.349. The first-order valence-corrected chi connectivity index (χ1v) is 9.36. The summed E-state index contributed by atoms with van der Waals surface area (Å²) in [5.41, 5.74) is -0.0992. The van der Waals surface area contributed by atoms with E-state index in [0.29, 0.717) is 27.4 Å². The average Bonchev–Trinajstić information content (AvgIpc) is 2.76. The number of rotatable bonds is 6. The first kappa shape index (κ1) is 20.6. The molecular formula is C23H20ClNO4. The third kappa shape index (κ3) is 4.47. The van der Waals surface area contributed by atoms with Crippen LogP contribution >= 0.6 is 11.6 Å². The number of hydrogen-bond acceptors (Lipinski definition) is 4. The topological polar surface area (TPSA) is 75.6 Å². The van der Waals surface area contributed by atoms with Gasteiger partial charge in [-0.15, -0.1) is 0 Å². The molecule has 5 nitrogen and oxygen atoms in total. The van der Waals surface area contributed by atoms with E-state index in [9.17, 15) is 14.7 Å². The fourth-order valence-corrected chi connectivity index (χ4v) is 3.10. The Morgan fingerprint density at radius 3 is 2.03 bits per heavy atom. The molecule has 0 atom stereocenters. The second-order valence-electron chi connectivity index (χ2n) is 6.48. The van der Waals surface area contributed by atoms with E-state index in [1.54, 1.807) is 85.8 Å². The van der Waals surface area contributed by atoms with Crippen LogP contribution in [-0.4, -0.2) is 23.6 Å². The first-order valence-electron chi connectivity index (χ1n) is 8.98. The predicted octanol–water partition coefficient (Wildman–Crippen LogP) is 4.07. The van der Waals surface area contributed by atoms with Gasteiger partial charge in [0, 0.05) is 10.7 Å². The van der Waals surface area contributed by atoms with Gasteiger partial charge in [-0.3, -0.25) is 4.79 Å². The van der Waals surface area contributed by atoms with Gasteiger partial charge in [-0.25, -0.2) is 4.79 Å². The van der Waals surface area contributed by atoms with E-state index in [0.717, 1.165) is 0 Å². The largest absolute Gasteiger partial charge is 0.453 e. The Morgan fingerprint density at radius 1 is 0.931 bits per heavy atom. The molecule has 0 radical (unpaired) electrons. The Morgan fingerprint density at radius 2 is 1.48 bits per heavy atom. The highest BCUT2D eigenvalue weighted by Gasteiger charge is 2.41. The molecule has 0 bridgehead atoms. The maximum absolute atomic E-state index is 12.9. The summed E-state index contributed by atoms with van der Waals surface area (Å²) >= 11 is 6.05. The molecular weight excluding hydrogens is 390 g/mol. The van der Waals surface area contributed by atoms with Crippen molar-refractivity contribution in [3.63, 3.8) is 0 Å². The molecule has 0 spiro atoms. The molecule has 0 aromatic heterocycles. The third-order valence-corrected chi connectivity index (χ3v) is 4.96. The van der Waals surface area contributed by atoms with Gasteiger partial charge in [0.25, 0.3) is 5.91 Å². The number of amides is 1. The lowest BCUT2D eigenvalue weighted by Crippen LogP contribution is -2.39. The molecule has 2 N–H and O–H groups in total. The fraction of sp³-hybridized carbons (Fsp3) is 0.130. The van der Waals surface area contributed by atoms with Crippen molar-refractivity contribution in [1.82, 2.24) is 0 Å². The Hall–Kier alpha value is -3.15. The second kappa shape index (κ2) is 8.90. The van der Waals surface area contributed by atoms with Crippen LogP contribution in [0.1, 0.15) is 16.7 Å². The zero-order chi connectivity index (χ0) is 20.9. The highest BCUT2D eigenvalue weighted by molar-refractivity contribution is 6.31. The number of ether oxygens (including phenoxy) is 1. The highest BCUT2D eigenvalue weighted by atomic mass is 35.5. The van der Waals surface area contributed by atoms with Gasteiger partial charge in [0.15, 0.2) is 6.61 Å². The maximum Gasteiger partial charge on any atom is 0.348 e. The summed E-state index contributed by atoms with van der Waals surface area (Å²) < 4.78 is 5.19. The molecule has 0 aliphatic carbocycles. The lowest BCUT2D eigenvalue weighted by atomic mass is 9.86. The van der Waals surface area contributed by atoms with Crippen molar-refractivity contribution in [1.29, 1.82) is 0 Å². The number of carbonyl (C=O) groups is 2. The Bertz CT molecular complexity index is 966. The molecule has 1 amide bonds. The van der Waals surface area contributed by atoms with Crippen molar-refractivity contribution >= 4 is 29.2 Å². The van der Waals surface area contributed by atoms with Crippen LogP contribution in [0, 0.1) is 6.92 Å². The molecule has 0 saturated carbocycles. The van der Waals surface area contributed by atoms with E-state index in [-0.39, 0.29) is 0 Å². The number of anilines is 1. The molecule has 3 aromatic rings. The summed E-state index contributed by atoms with van der Waals surface area (Å²) in [6, 6.07) is 22.0. The van der Waals surface area contributed by atoms with Crippen molar-refractivity contribution in [3.8, 4) is 0 Å². The van der Waals surface area contributed by atoms with Gasteiger partial charge in [-0.05, 0) is 35.7 Å². The molecule has 0 fully saturated rings. The number of carbonyl (C=O) groups excluding carboxylic acids is 2. The molecule has 148 valence electrons. The molecule has 0 heterocycles. The van der Waals surface area contributed by atoms with Crippen molar-refractivity contribution < 1.29 is 19.4 Å². The smallest absolute Gasteiger partial charge is 0.348 e. The summed E-state index contributed by atoms with van der Waals surface area (Å²) in [6.45, 7) is 1.22. The average molecular weight is 410 g/mol. The van der Waals surface area contributed by atoms with E-state index in [4.69, 9.17) is 16.3 Å². The Balaban J connectivity index is 1.77. The maximum atomic E-state index is 12.9. The van der Waals surface area contributed by atoms with Crippen molar-refractivity contribution in [2.45, 2.75) is 12.5 Å². The Labute approximate surface area is 173 Å². The van der Waals surface area contributed by atoms with E-state index < -0.39 is 24.1 Å². The van der Waals surface area contributed by atoms with Crippen LogP contribution in [-0.2, 0) is 19.9 Å². The third-order valence-electron chi connectivity index (χ3n) is 4.55. The lowest BCUT2D eigenvalue weighted by Gasteiger charge is -2.27. The van der Waals surface area contributed by atoms with Crippen LogP contribution in [0.4, 0.5) is 5.69 Å². The van der Waals surface area contributed by atoms with Gasteiger partial charge in [-0.2, -0.15) is 0 Å². The summed E-state index contributed by atoms with van der Waals surface area (Å²) in [5, 5.41) is 14.5. The fourth-order valence-electron chi connectivity index (χ4n) is 2.93. The van der Waals surface area contributed by atoms with Gasteiger partial charge < -0.3 is 15.2 Å². The monoisotopic (exact) mass is 409 g/mol. The van der Waals surface area contributed by atoms with Gasteiger partial charge in [-0.1, -0.05) is 78.3 Å². The summed E-state index contributed by atoms with van der Waals surface area (Å²) in [6.07, 6.45) is 0. The van der Waals surface area contributed by atoms with Gasteiger partial charge in [0.2, 0.25) is 5.60 Å². The molecule has 3 aromatic carbocycles. The van der Waals surface area contributed by atoms with Crippen molar-refractivity contribution in [2.75, 3.05) is 11.9 Å². The molecule has 0 aliphatic rings. The summed E-state index contributed by atoms with van der Waals surface area (Å²) in [7, 11) is 0. The number of hydrogen-bond donors (Lipinski definition) is 2. The zero-order valence-corrected chi connectivity index (χ0v) is 16.5. The Kier molecular flexibility index (Phi) is 6.32. The van der Waals surface area contributed by atoms with Crippen LogP contribution in [0.5, 0.6) is 0 Å². The molecule has 6 heteroatoms. The van der Waals surface area contributed by atoms with Crippen molar-refractivity contribution in [2.24, 2.45) is 0 Å². The minimum Gasteiger partial charge on any atom is -0.453 e. The van der Waals surface area contributed by atoms with E-state index in [1.165, 1.54) is 0 Å². The van der Waals surface area contributed by atoms with Crippen LogP contribution in [0.25, 0.3) is 0 Å². The van der Waals surface area contributed by atoms with E-state index in [1.807, 2.05) is 0 Å². The highest BCUT2D eigenvalue weighted by Crippen LogP contribution is 2.31. The first-order chi connectivity index (χ1) is 13.9. The van der Waals surface area contributed by atoms with Crippen LogP contribution in [0.15, 0.2) is 78.9 Å². The van der Waals surface area contributed by atoms with Gasteiger partial charge in [0.1, 0.15) is 0 Å². The normalized spacial score (nSPS) is 11.0. The summed E-state index contributed by atoms with van der Waals surface area (Å²) in [4.78, 5) is 25.1. The van der Waals surface area contributed by atoms with Gasteiger partial charge in [0.05, 0.1) is 0 Å². The number of esters is 1. The second-order valence-corrected chi connectivity index (χ2v) is 6.89. The van der Waals surface area contributed by atoms with E-state index in [2.05, 4.69) is 5.32 Å². The van der Waals surface area contributed by atoms with E-state index >= 15 is 0 Å². The molecule has 0 unspecified atom stereocenters. The van der Waals surface area contributed by atoms with Crippen LogP contribution in [0.3, 0.4) is 0 Å². The molecule has 0 aliphatic heterocycles. The number of aliphatic hydroxyl groups is 1. The molecule has 3 rings (SSSR count). The SMILES string of the molecule is Cc1c(Cl)cccc1NC(=O)COC(=O)C(O)(c1ccccc1)c1ccccc1. The molecule has 0 saturated heterocycles. The number of nitrogens with one attached hydrogen (secondary N) is 1. The molecule has 29 heavy (non-hydrogen) atoms. The van der Waals surface area contributed by atoms with Crippen molar-refractivity contribution in [3.05, 3.63) is 101 Å².